The van der Waals surface area contributed by atoms with E-state index in [1.807, 2.05) is 35.2 Å². The van der Waals surface area contributed by atoms with Crippen LogP contribution in [0.15, 0.2) is 48.7 Å². The molecule has 124 valence electrons. The first-order chi connectivity index (χ1) is 11.6. The SMILES string of the molecule is NC(=O)c1cccnc1N1CCN(C(=O)Nc2ccccc2)CC1. The number of nitrogens with one attached hydrogen (secondary N) is 1. The zero-order valence-corrected chi connectivity index (χ0v) is 13.2. The Hall–Kier alpha value is -3.09. The van der Waals surface area contributed by atoms with Crippen LogP contribution in [0.25, 0.3) is 0 Å². The van der Waals surface area contributed by atoms with Gasteiger partial charge in [0.2, 0.25) is 0 Å². The lowest BCUT2D eigenvalue weighted by Gasteiger charge is -2.35. The van der Waals surface area contributed by atoms with Crippen molar-refractivity contribution in [3.8, 4) is 0 Å². The van der Waals surface area contributed by atoms with Crippen molar-refractivity contribution < 1.29 is 9.59 Å². The van der Waals surface area contributed by atoms with Crippen LogP contribution < -0.4 is 16.0 Å². The third-order valence-electron chi connectivity index (χ3n) is 3.94. The minimum absolute atomic E-state index is 0.128. The molecule has 1 aromatic heterocycles. The highest BCUT2D eigenvalue weighted by molar-refractivity contribution is 5.97. The minimum atomic E-state index is -0.498. The molecule has 3 amide bonds. The fraction of sp³-hybridized carbons (Fsp3) is 0.235. The van der Waals surface area contributed by atoms with Crippen LogP contribution in [0.3, 0.4) is 0 Å². The number of anilines is 2. The summed E-state index contributed by atoms with van der Waals surface area (Å²) in [6.45, 7) is 2.29. The molecule has 24 heavy (non-hydrogen) atoms. The van der Waals surface area contributed by atoms with E-state index in [0.717, 1.165) is 5.69 Å². The molecule has 1 aliphatic heterocycles. The molecular formula is C17H19N5O2. The summed E-state index contributed by atoms with van der Waals surface area (Å²) in [7, 11) is 0. The van der Waals surface area contributed by atoms with Crippen molar-refractivity contribution in [3.63, 3.8) is 0 Å². The third-order valence-corrected chi connectivity index (χ3v) is 3.94. The van der Waals surface area contributed by atoms with Gasteiger partial charge in [0.1, 0.15) is 5.82 Å². The molecule has 0 spiro atoms. The maximum absolute atomic E-state index is 12.3. The Morgan fingerprint density at radius 1 is 1.00 bits per heavy atom. The molecule has 1 aromatic carbocycles. The van der Waals surface area contributed by atoms with Gasteiger partial charge >= 0.3 is 6.03 Å². The number of carbonyl (C=O) groups excluding carboxylic acids is 2. The molecule has 0 radical (unpaired) electrons. The van der Waals surface area contributed by atoms with Gasteiger partial charge in [-0.1, -0.05) is 18.2 Å². The van der Waals surface area contributed by atoms with Gasteiger partial charge in [0.05, 0.1) is 5.56 Å². The summed E-state index contributed by atoms with van der Waals surface area (Å²) in [6, 6.07) is 12.6. The molecule has 3 N–H and O–H groups in total. The molecule has 0 bridgehead atoms. The fourth-order valence-electron chi connectivity index (χ4n) is 2.69. The first-order valence-corrected chi connectivity index (χ1v) is 7.76. The number of aromatic nitrogens is 1. The molecule has 3 rings (SSSR count). The number of benzene rings is 1. The predicted octanol–water partition coefficient (Wildman–Crippen LogP) is 1.53. The van der Waals surface area contributed by atoms with Crippen LogP contribution in [0.5, 0.6) is 0 Å². The number of pyridine rings is 1. The summed E-state index contributed by atoms with van der Waals surface area (Å²) < 4.78 is 0. The van der Waals surface area contributed by atoms with E-state index in [0.29, 0.717) is 37.6 Å². The quantitative estimate of drug-likeness (QED) is 0.895. The molecular weight excluding hydrogens is 306 g/mol. The normalized spacial score (nSPS) is 14.3. The molecule has 7 nitrogen and oxygen atoms in total. The van der Waals surface area contributed by atoms with Gasteiger partial charge in [-0.3, -0.25) is 4.79 Å². The zero-order valence-electron chi connectivity index (χ0n) is 13.2. The second kappa shape index (κ2) is 6.99. The summed E-state index contributed by atoms with van der Waals surface area (Å²) in [5, 5.41) is 2.87. The van der Waals surface area contributed by atoms with E-state index in [4.69, 9.17) is 5.73 Å². The van der Waals surface area contributed by atoms with E-state index in [1.165, 1.54) is 0 Å². The van der Waals surface area contributed by atoms with Crippen molar-refractivity contribution in [1.29, 1.82) is 0 Å². The lowest BCUT2D eigenvalue weighted by Crippen LogP contribution is -2.50. The number of amides is 3. The number of hydrogen-bond acceptors (Lipinski definition) is 4. The largest absolute Gasteiger partial charge is 0.365 e. The van der Waals surface area contributed by atoms with Gasteiger partial charge in [0.15, 0.2) is 0 Å². The van der Waals surface area contributed by atoms with Crippen molar-refractivity contribution in [3.05, 3.63) is 54.2 Å². The van der Waals surface area contributed by atoms with Crippen LogP contribution in [0.1, 0.15) is 10.4 Å². The van der Waals surface area contributed by atoms with Crippen LogP contribution in [-0.4, -0.2) is 48.0 Å². The Morgan fingerprint density at radius 2 is 1.71 bits per heavy atom. The number of para-hydroxylation sites is 1. The first kappa shape index (κ1) is 15.8. The summed E-state index contributed by atoms with van der Waals surface area (Å²) in [6.07, 6.45) is 1.64. The highest BCUT2D eigenvalue weighted by atomic mass is 16.2. The van der Waals surface area contributed by atoms with E-state index < -0.39 is 5.91 Å². The highest BCUT2D eigenvalue weighted by Gasteiger charge is 2.24. The third kappa shape index (κ3) is 3.45. The van der Waals surface area contributed by atoms with Gasteiger partial charge in [-0.15, -0.1) is 0 Å². The Labute approximate surface area is 140 Å². The van der Waals surface area contributed by atoms with Gasteiger partial charge in [-0.25, -0.2) is 9.78 Å². The van der Waals surface area contributed by atoms with E-state index >= 15 is 0 Å². The van der Waals surface area contributed by atoms with Crippen LogP contribution in [0, 0.1) is 0 Å². The molecule has 0 saturated carbocycles. The van der Waals surface area contributed by atoms with E-state index in [9.17, 15) is 9.59 Å². The van der Waals surface area contributed by atoms with Crippen molar-refractivity contribution >= 4 is 23.4 Å². The molecule has 7 heteroatoms. The molecule has 1 fully saturated rings. The highest BCUT2D eigenvalue weighted by Crippen LogP contribution is 2.19. The second-order valence-corrected chi connectivity index (χ2v) is 5.51. The first-order valence-electron chi connectivity index (χ1n) is 7.76. The number of hydrogen-bond donors (Lipinski definition) is 2. The lowest BCUT2D eigenvalue weighted by molar-refractivity contribution is 0.1000. The fourth-order valence-corrected chi connectivity index (χ4v) is 2.69. The van der Waals surface area contributed by atoms with Crippen LogP contribution in [0.4, 0.5) is 16.3 Å². The van der Waals surface area contributed by atoms with Gasteiger partial charge in [0.25, 0.3) is 5.91 Å². The van der Waals surface area contributed by atoms with Crippen molar-refractivity contribution in [1.82, 2.24) is 9.88 Å². The standard InChI is InChI=1S/C17H19N5O2/c18-15(23)14-7-4-8-19-16(14)21-9-11-22(12-10-21)17(24)20-13-5-2-1-3-6-13/h1-8H,9-12H2,(H2,18,23)(H,20,24). The Bertz CT molecular complexity index is 727. The van der Waals surface area contributed by atoms with Crippen molar-refractivity contribution in [2.45, 2.75) is 0 Å². The van der Waals surface area contributed by atoms with Gasteiger partial charge in [-0.2, -0.15) is 0 Å². The average molecular weight is 325 g/mol. The van der Waals surface area contributed by atoms with Crippen LogP contribution in [0.2, 0.25) is 0 Å². The zero-order chi connectivity index (χ0) is 16.9. The predicted molar refractivity (Wildman–Crippen MR) is 92.0 cm³/mol. The second-order valence-electron chi connectivity index (χ2n) is 5.51. The summed E-state index contributed by atoms with van der Waals surface area (Å²) in [5.74, 6) is 0.0791. The van der Waals surface area contributed by atoms with E-state index in [2.05, 4.69) is 10.3 Å². The molecule has 0 unspecified atom stereocenters. The van der Waals surface area contributed by atoms with Crippen molar-refractivity contribution in [2.75, 3.05) is 36.4 Å². The summed E-state index contributed by atoms with van der Waals surface area (Å²) in [4.78, 5) is 31.8. The minimum Gasteiger partial charge on any atom is -0.365 e. The number of primary amides is 1. The van der Waals surface area contributed by atoms with E-state index in [-0.39, 0.29) is 6.03 Å². The number of piperazine rings is 1. The molecule has 0 atom stereocenters. The van der Waals surface area contributed by atoms with Gasteiger partial charge < -0.3 is 20.9 Å². The number of nitrogens with two attached hydrogens (primary N) is 1. The molecule has 2 aromatic rings. The number of rotatable bonds is 3. The maximum Gasteiger partial charge on any atom is 0.321 e. The lowest BCUT2D eigenvalue weighted by atomic mass is 10.2. The molecule has 2 heterocycles. The topological polar surface area (TPSA) is 91.6 Å². The van der Waals surface area contributed by atoms with Crippen LogP contribution in [-0.2, 0) is 0 Å². The van der Waals surface area contributed by atoms with Gasteiger partial charge in [0, 0.05) is 38.1 Å². The maximum atomic E-state index is 12.3. The molecule has 1 saturated heterocycles. The summed E-state index contributed by atoms with van der Waals surface area (Å²) in [5.41, 5.74) is 6.57. The smallest absolute Gasteiger partial charge is 0.321 e. The number of carbonyl (C=O) groups is 2. The summed E-state index contributed by atoms with van der Waals surface area (Å²) >= 11 is 0. The molecule has 1 aliphatic rings. The van der Waals surface area contributed by atoms with Crippen LogP contribution >= 0.6 is 0 Å². The van der Waals surface area contributed by atoms with Crippen molar-refractivity contribution in [2.24, 2.45) is 5.73 Å². The monoisotopic (exact) mass is 325 g/mol. The number of nitrogens with zero attached hydrogens (tertiary/aromatic N) is 3. The van der Waals surface area contributed by atoms with Gasteiger partial charge in [-0.05, 0) is 24.3 Å². The Kier molecular flexibility index (Phi) is 4.60. The Balaban J connectivity index is 1.62. The average Bonchev–Trinajstić information content (AvgIpc) is 2.62. The Morgan fingerprint density at radius 3 is 2.38 bits per heavy atom. The van der Waals surface area contributed by atoms with E-state index in [1.54, 1.807) is 23.2 Å². The molecule has 0 aliphatic carbocycles. The number of urea groups is 1.